The van der Waals surface area contributed by atoms with Gasteiger partial charge in [-0.1, -0.05) is 29.8 Å². The zero-order chi connectivity index (χ0) is 17.8. The molecule has 0 aromatic heterocycles. The molecule has 1 fully saturated rings. The van der Waals surface area contributed by atoms with Gasteiger partial charge in [0.25, 0.3) is 5.91 Å². The molecule has 7 heteroatoms. The number of amides is 1. The summed E-state index contributed by atoms with van der Waals surface area (Å²) < 4.78 is 0. The minimum absolute atomic E-state index is 0.0716. The maximum absolute atomic E-state index is 12.5. The number of nitrogens with one attached hydrogen (secondary N) is 1. The third-order valence-electron chi connectivity index (χ3n) is 4.14. The summed E-state index contributed by atoms with van der Waals surface area (Å²) in [6, 6.07) is 15.0. The maximum Gasteiger partial charge on any atom is 0.253 e. The minimum Gasteiger partial charge on any atom is -0.376 e. The summed E-state index contributed by atoms with van der Waals surface area (Å²) in [5, 5.41) is 3.70. The molecule has 0 saturated carbocycles. The first kappa shape index (κ1) is 17.5. The van der Waals surface area contributed by atoms with Crippen LogP contribution in [0.3, 0.4) is 0 Å². The molecule has 1 heterocycles. The Hall–Kier alpha value is -2.31. The van der Waals surface area contributed by atoms with Crippen LogP contribution in [0, 0.1) is 0 Å². The highest BCUT2D eigenvalue weighted by Gasteiger charge is 2.23. The van der Waals surface area contributed by atoms with Crippen molar-refractivity contribution in [2.45, 2.75) is 0 Å². The van der Waals surface area contributed by atoms with E-state index in [1.807, 2.05) is 47.4 Å². The second kappa shape index (κ2) is 7.72. The van der Waals surface area contributed by atoms with Gasteiger partial charge in [-0.25, -0.2) is 0 Å². The first-order chi connectivity index (χ1) is 12.0. The SMILES string of the molecule is NC(=S)Nc1ccc(N2CCN(C(=O)c3ccccc3)CC2)c(Cl)c1. The Balaban J connectivity index is 1.64. The third kappa shape index (κ3) is 4.21. The molecule has 130 valence electrons. The van der Waals surface area contributed by atoms with Gasteiger partial charge in [0.05, 0.1) is 10.7 Å². The third-order valence-corrected chi connectivity index (χ3v) is 4.55. The first-order valence-corrected chi connectivity index (χ1v) is 8.78. The second-order valence-electron chi connectivity index (χ2n) is 5.80. The lowest BCUT2D eigenvalue weighted by molar-refractivity contribution is 0.0747. The van der Waals surface area contributed by atoms with Gasteiger partial charge in [0.1, 0.15) is 0 Å². The van der Waals surface area contributed by atoms with E-state index >= 15 is 0 Å². The molecule has 1 aliphatic heterocycles. The quantitative estimate of drug-likeness (QED) is 0.809. The van der Waals surface area contributed by atoms with Crippen molar-refractivity contribution < 1.29 is 4.79 Å². The van der Waals surface area contributed by atoms with Crippen LogP contribution in [0.2, 0.25) is 5.02 Å². The van der Waals surface area contributed by atoms with Crippen LogP contribution in [0.4, 0.5) is 11.4 Å². The van der Waals surface area contributed by atoms with E-state index in [0.29, 0.717) is 18.1 Å². The predicted octanol–water partition coefficient (Wildman–Crippen LogP) is 2.96. The van der Waals surface area contributed by atoms with Crippen LogP contribution < -0.4 is 16.0 Å². The monoisotopic (exact) mass is 374 g/mol. The zero-order valence-electron chi connectivity index (χ0n) is 13.6. The summed E-state index contributed by atoms with van der Waals surface area (Å²) in [4.78, 5) is 16.6. The Morgan fingerprint density at radius 2 is 1.76 bits per heavy atom. The van der Waals surface area contributed by atoms with E-state index in [9.17, 15) is 4.79 Å². The molecule has 5 nitrogen and oxygen atoms in total. The fraction of sp³-hybridized carbons (Fsp3) is 0.222. The summed E-state index contributed by atoms with van der Waals surface area (Å²) in [6.45, 7) is 2.80. The van der Waals surface area contributed by atoms with Crippen molar-refractivity contribution in [3.8, 4) is 0 Å². The Morgan fingerprint density at radius 3 is 2.36 bits per heavy atom. The van der Waals surface area contributed by atoms with Gasteiger partial charge >= 0.3 is 0 Å². The standard InChI is InChI=1S/C18H19ClN4OS/c19-15-12-14(21-18(20)25)6-7-16(15)22-8-10-23(11-9-22)17(24)13-4-2-1-3-5-13/h1-7,12H,8-11H2,(H3,20,21,25). The molecule has 0 spiro atoms. The van der Waals surface area contributed by atoms with Gasteiger partial charge in [0, 0.05) is 37.4 Å². The van der Waals surface area contributed by atoms with E-state index < -0.39 is 0 Å². The van der Waals surface area contributed by atoms with Crippen LogP contribution in [0.25, 0.3) is 0 Å². The topological polar surface area (TPSA) is 61.6 Å². The van der Waals surface area contributed by atoms with E-state index in [-0.39, 0.29) is 11.0 Å². The molecule has 0 bridgehead atoms. The van der Waals surface area contributed by atoms with Crippen molar-refractivity contribution in [3.05, 3.63) is 59.1 Å². The van der Waals surface area contributed by atoms with Crippen molar-refractivity contribution in [1.29, 1.82) is 0 Å². The molecule has 3 N–H and O–H groups in total. The largest absolute Gasteiger partial charge is 0.376 e. The fourth-order valence-electron chi connectivity index (χ4n) is 2.90. The van der Waals surface area contributed by atoms with Gasteiger partial charge in [0.2, 0.25) is 0 Å². The molecule has 3 rings (SSSR count). The molecular formula is C18H19ClN4OS. The van der Waals surface area contributed by atoms with Crippen LogP contribution in [0.15, 0.2) is 48.5 Å². The number of carbonyl (C=O) groups is 1. The number of hydrogen-bond donors (Lipinski definition) is 2. The predicted molar refractivity (Wildman–Crippen MR) is 106 cm³/mol. The molecule has 0 unspecified atom stereocenters. The van der Waals surface area contributed by atoms with Gasteiger partial charge < -0.3 is 20.9 Å². The van der Waals surface area contributed by atoms with Gasteiger partial charge in [-0.2, -0.15) is 0 Å². The number of rotatable bonds is 3. The zero-order valence-corrected chi connectivity index (χ0v) is 15.2. The van der Waals surface area contributed by atoms with E-state index in [1.54, 1.807) is 6.07 Å². The Labute approximate surface area is 157 Å². The van der Waals surface area contributed by atoms with Gasteiger partial charge in [-0.3, -0.25) is 4.79 Å². The van der Waals surface area contributed by atoms with Crippen LogP contribution in [0.5, 0.6) is 0 Å². The number of nitrogens with zero attached hydrogens (tertiary/aromatic N) is 2. The highest BCUT2D eigenvalue weighted by molar-refractivity contribution is 7.80. The normalized spacial score (nSPS) is 14.3. The van der Waals surface area contributed by atoms with Crippen molar-refractivity contribution in [1.82, 2.24) is 4.90 Å². The number of piperazine rings is 1. The molecule has 0 atom stereocenters. The summed E-state index contributed by atoms with van der Waals surface area (Å²) in [5.41, 5.74) is 7.91. The molecule has 2 aromatic rings. The second-order valence-corrected chi connectivity index (χ2v) is 6.65. The van der Waals surface area contributed by atoms with Gasteiger partial charge in [-0.15, -0.1) is 0 Å². The number of nitrogens with two attached hydrogens (primary N) is 1. The van der Waals surface area contributed by atoms with Crippen LogP contribution >= 0.6 is 23.8 Å². The van der Waals surface area contributed by atoms with Gasteiger partial charge in [0.15, 0.2) is 5.11 Å². The van der Waals surface area contributed by atoms with Crippen molar-refractivity contribution >= 4 is 46.2 Å². The molecule has 2 aromatic carbocycles. The van der Waals surface area contributed by atoms with Crippen molar-refractivity contribution in [3.63, 3.8) is 0 Å². The minimum atomic E-state index is 0.0716. The molecule has 1 amide bonds. The number of anilines is 2. The molecule has 1 saturated heterocycles. The Kier molecular flexibility index (Phi) is 5.40. The van der Waals surface area contributed by atoms with Crippen LogP contribution in [0.1, 0.15) is 10.4 Å². The van der Waals surface area contributed by atoms with E-state index in [0.717, 1.165) is 30.0 Å². The molecule has 0 aliphatic carbocycles. The summed E-state index contributed by atoms with van der Waals surface area (Å²) in [6.07, 6.45) is 0. The van der Waals surface area contributed by atoms with Crippen LogP contribution in [-0.2, 0) is 0 Å². The summed E-state index contributed by atoms with van der Waals surface area (Å²) in [5.74, 6) is 0.0716. The Bertz CT molecular complexity index is 776. The number of carbonyl (C=O) groups excluding carboxylic acids is 1. The van der Waals surface area contributed by atoms with E-state index in [4.69, 9.17) is 29.6 Å². The van der Waals surface area contributed by atoms with E-state index in [1.165, 1.54) is 0 Å². The Morgan fingerprint density at radius 1 is 1.08 bits per heavy atom. The highest BCUT2D eigenvalue weighted by atomic mass is 35.5. The summed E-state index contributed by atoms with van der Waals surface area (Å²) in [7, 11) is 0. The summed E-state index contributed by atoms with van der Waals surface area (Å²) >= 11 is 11.2. The average Bonchev–Trinajstić information content (AvgIpc) is 2.62. The number of halogens is 1. The lowest BCUT2D eigenvalue weighted by Crippen LogP contribution is -2.48. The smallest absolute Gasteiger partial charge is 0.253 e. The van der Waals surface area contributed by atoms with E-state index in [2.05, 4.69) is 10.2 Å². The fourth-order valence-corrected chi connectivity index (χ4v) is 3.32. The maximum atomic E-state index is 12.5. The highest BCUT2D eigenvalue weighted by Crippen LogP contribution is 2.29. The molecule has 0 radical (unpaired) electrons. The van der Waals surface area contributed by atoms with Gasteiger partial charge in [-0.05, 0) is 42.5 Å². The van der Waals surface area contributed by atoms with Crippen molar-refractivity contribution in [2.24, 2.45) is 5.73 Å². The number of benzene rings is 2. The average molecular weight is 375 g/mol. The molecule has 1 aliphatic rings. The molecular weight excluding hydrogens is 356 g/mol. The number of hydrogen-bond acceptors (Lipinski definition) is 3. The van der Waals surface area contributed by atoms with Crippen LogP contribution in [-0.4, -0.2) is 42.1 Å². The number of thiocarbonyl (C=S) groups is 1. The molecule has 25 heavy (non-hydrogen) atoms. The first-order valence-electron chi connectivity index (χ1n) is 8.00. The van der Waals surface area contributed by atoms with Crippen molar-refractivity contribution in [2.75, 3.05) is 36.4 Å². The lowest BCUT2D eigenvalue weighted by Gasteiger charge is -2.36. The lowest BCUT2D eigenvalue weighted by atomic mass is 10.1.